The van der Waals surface area contributed by atoms with Gasteiger partial charge in [0.1, 0.15) is 0 Å². The smallest absolute Gasteiger partial charge is 0.231 e. The van der Waals surface area contributed by atoms with Crippen LogP contribution in [0.25, 0.3) is 0 Å². The maximum atomic E-state index is 11.4. The second kappa shape index (κ2) is 3.10. The molecule has 0 aliphatic carbocycles. The molecule has 1 aromatic carbocycles. The second-order valence-electron chi connectivity index (χ2n) is 3.69. The van der Waals surface area contributed by atoms with E-state index >= 15 is 0 Å². The summed E-state index contributed by atoms with van der Waals surface area (Å²) in [7, 11) is 1.77. The van der Waals surface area contributed by atoms with Crippen LogP contribution in [0.4, 0.5) is 5.69 Å². The SMILES string of the molecule is CC(O)c1ccc2c(c1)CC(=O)N2C. The topological polar surface area (TPSA) is 40.5 Å². The number of nitrogens with zero attached hydrogens (tertiary/aromatic N) is 1. The summed E-state index contributed by atoms with van der Waals surface area (Å²) in [6.45, 7) is 1.72. The molecule has 3 nitrogen and oxygen atoms in total. The van der Waals surface area contributed by atoms with Gasteiger partial charge in [-0.2, -0.15) is 0 Å². The highest BCUT2D eigenvalue weighted by Gasteiger charge is 2.24. The van der Waals surface area contributed by atoms with Crippen LogP contribution < -0.4 is 4.90 Å². The van der Waals surface area contributed by atoms with Crippen LogP contribution in [0.1, 0.15) is 24.2 Å². The van der Waals surface area contributed by atoms with Gasteiger partial charge in [-0.25, -0.2) is 0 Å². The van der Waals surface area contributed by atoms with E-state index in [1.165, 1.54) is 0 Å². The summed E-state index contributed by atoms with van der Waals surface area (Å²) >= 11 is 0. The first-order chi connectivity index (χ1) is 6.59. The van der Waals surface area contributed by atoms with E-state index < -0.39 is 6.10 Å². The van der Waals surface area contributed by atoms with Crippen molar-refractivity contribution >= 4 is 11.6 Å². The zero-order valence-electron chi connectivity index (χ0n) is 8.32. The number of rotatable bonds is 1. The van der Waals surface area contributed by atoms with Crippen molar-refractivity contribution in [2.24, 2.45) is 0 Å². The average molecular weight is 191 g/mol. The summed E-state index contributed by atoms with van der Waals surface area (Å²) in [6.07, 6.45) is -0.0202. The number of carbonyl (C=O) groups is 1. The fourth-order valence-electron chi connectivity index (χ4n) is 1.75. The number of aliphatic hydroxyl groups is 1. The third-order valence-electron chi connectivity index (χ3n) is 2.66. The predicted molar refractivity (Wildman–Crippen MR) is 54.2 cm³/mol. The van der Waals surface area contributed by atoms with E-state index in [4.69, 9.17) is 0 Å². The van der Waals surface area contributed by atoms with Gasteiger partial charge in [0.2, 0.25) is 5.91 Å². The molecule has 1 aliphatic heterocycles. The lowest BCUT2D eigenvalue weighted by Gasteiger charge is -2.11. The third kappa shape index (κ3) is 1.30. The first-order valence-corrected chi connectivity index (χ1v) is 4.67. The molecule has 0 aromatic heterocycles. The number of hydrogen-bond donors (Lipinski definition) is 1. The van der Waals surface area contributed by atoms with Crippen molar-refractivity contribution in [2.45, 2.75) is 19.4 Å². The van der Waals surface area contributed by atoms with Gasteiger partial charge in [0, 0.05) is 12.7 Å². The van der Waals surface area contributed by atoms with Crippen molar-refractivity contribution in [2.75, 3.05) is 11.9 Å². The Bertz CT molecular complexity index is 385. The fraction of sp³-hybridized carbons (Fsp3) is 0.364. The minimum atomic E-state index is -0.471. The Kier molecular flexibility index (Phi) is 2.04. The van der Waals surface area contributed by atoms with Gasteiger partial charge in [-0.05, 0) is 24.1 Å². The molecule has 1 atom stereocenters. The van der Waals surface area contributed by atoms with Gasteiger partial charge >= 0.3 is 0 Å². The van der Waals surface area contributed by atoms with Crippen LogP contribution in [-0.2, 0) is 11.2 Å². The molecule has 1 unspecified atom stereocenters. The van der Waals surface area contributed by atoms with Gasteiger partial charge in [-0.3, -0.25) is 4.79 Å². The Labute approximate surface area is 83.0 Å². The van der Waals surface area contributed by atoms with Gasteiger partial charge in [-0.15, -0.1) is 0 Å². The van der Waals surface area contributed by atoms with Gasteiger partial charge in [0.05, 0.1) is 12.5 Å². The maximum absolute atomic E-state index is 11.4. The van der Waals surface area contributed by atoms with Crippen LogP contribution in [0, 0.1) is 0 Å². The molecular weight excluding hydrogens is 178 g/mol. The highest BCUT2D eigenvalue weighted by Crippen LogP contribution is 2.29. The zero-order valence-corrected chi connectivity index (χ0v) is 8.32. The average Bonchev–Trinajstić information content (AvgIpc) is 2.42. The third-order valence-corrected chi connectivity index (χ3v) is 2.66. The largest absolute Gasteiger partial charge is 0.389 e. The van der Waals surface area contributed by atoms with Crippen LogP contribution in [-0.4, -0.2) is 18.1 Å². The first kappa shape index (κ1) is 9.21. The summed E-state index contributed by atoms with van der Waals surface area (Å²) in [4.78, 5) is 13.0. The minimum absolute atomic E-state index is 0.114. The Morgan fingerprint density at radius 2 is 2.21 bits per heavy atom. The van der Waals surface area contributed by atoms with E-state index in [-0.39, 0.29) is 5.91 Å². The minimum Gasteiger partial charge on any atom is -0.389 e. The number of aliphatic hydroxyl groups excluding tert-OH is 1. The number of carbonyl (C=O) groups excluding carboxylic acids is 1. The molecule has 0 saturated heterocycles. The Morgan fingerprint density at radius 3 is 2.86 bits per heavy atom. The molecule has 74 valence electrons. The molecule has 1 amide bonds. The van der Waals surface area contributed by atoms with E-state index in [2.05, 4.69) is 0 Å². The number of fused-ring (bicyclic) bond motifs is 1. The highest BCUT2D eigenvalue weighted by molar-refractivity contribution is 6.00. The fourth-order valence-corrected chi connectivity index (χ4v) is 1.75. The van der Waals surface area contributed by atoms with Gasteiger partial charge < -0.3 is 10.0 Å². The van der Waals surface area contributed by atoms with Crippen molar-refractivity contribution in [3.8, 4) is 0 Å². The van der Waals surface area contributed by atoms with Crippen LogP contribution >= 0.6 is 0 Å². The molecule has 14 heavy (non-hydrogen) atoms. The molecule has 0 spiro atoms. The normalized spacial score (nSPS) is 17.1. The van der Waals surface area contributed by atoms with Crippen LogP contribution in [0.3, 0.4) is 0 Å². The van der Waals surface area contributed by atoms with E-state index in [0.29, 0.717) is 6.42 Å². The summed E-state index contributed by atoms with van der Waals surface area (Å²) in [5, 5.41) is 9.39. The molecule has 0 radical (unpaired) electrons. The Hall–Kier alpha value is -1.35. The summed E-state index contributed by atoms with van der Waals surface area (Å²) < 4.78 is 0. The number of anilines is 1. The van der Waals surface area contributed by atoms with Crippen LogP contribution in [0.5, 0.6) is 0 Å². The second-order valence-corrected chi connectivity index (χ2v) is 3.69. The molecule has 0 fully saturated rings. The number of amides is 1. The lowest BCUT2D eigenvalue weighted by atomic mass is 10.1. The summed E-state index contributed by atoms with van der Waals surface area (Å²) in [5.41, 5.74) is 2.84. The lowest BCUT2D eigenvalue weighted by molar-refractivity contribution is -0.117. The van der Waals surface area contributed by atoms with Crippen molar-refractivity contribution in [1.29, 1.82) is 0 Å². The first-order valence-electron chi connectivity index (χ1n) is 4.67. The Balaban J connectivity index is 2.44. The van der Waals surface area contributed by atoms with E-state index in [1.54, 1.807) is 18.9 Å². The van der Waals surface area contributed by atoms with Gasteiger partial charge in [0.15, 0.2) is 0 Å². The quantitative estimate of drug-likeness (QED) is 0.726. The van der Waals surface area contributed by atoms with E-state index in [0.717, 1.165) is 16.8 Å². The summed E-state index contributed by atoms with van der Waals surface area (Å²) in [5.74, 6) is 0.114. The van der Waals surface area contributed by atoms with Crippen LogP contribution in [0.15, 0.2) is 18.2 Å². The van der Waals surface area contributed by atoms with Crippen LogP contribution in [0.2, 0.25) is 0 Å². The van der Waals surface area contributed by atoms with Crippen molar-refractivity contribution in [3.05, 3.63) is 29.3 Å². The molecule has 0 saturated carbocycles. The molecule has 1 aromatic rings. The number of likely N-dealkylation sites (N-methyl/N-ethyl adjacent to an activating group) is 1. The van der Waals surface area contributed by atoms with Crippen molar-refractivity contribution in [1.82, 2.24) is 0 Å². The number of benzene rings is 1. The molecule has 3 heteroatoms. The Morgan fingerprint density at radius 1 is 1.50 bits per heavy atom. The van der Waals surface area contributed by atoms with Crippen molar-refractivity contribution in [3.63, 3.8) is 0 Å². The predicted octanol–water partition coefficient (Wildman–Crippen LogP) is 1.26. The summed E-state index contributed by atoms with van der Waals surface area (Å²) in [6, 6.07) is 5.66. The molecule has 0 bridgehead atoms. The van der Waals surface area contributed by atoms with E-state index in [1.807, 2.05) is 18.2 Å². The van der Waals surface area contributed by atoms with E-state index in [9.17, 15) is 9.90 Å². The standard InChI is InChI=1S/C11H13NO2/c1-7(13)8-3-4-10-9(5-8)6-11(14)12(10)2/h3-5,7,13H,6H2,1-2H3. The highest BCUT2D eigenvalue weighted by atomic mass is 16.3. The number of hydrogen-bond acceptors (Lipinski definition) is 2. The molecular formula is C11H13NO2. The lowest BCUT2D eigenvalue weighted by Crippen LogP contribution is -2.20. The van der Waals surface area contributed by atoms with Gasteiger partial charge in [0.25, 0.3) is 0 Å². The zero-order chi connectivity index (χ0) is 10.3. The van der Waals surface area contributed by atoms with Crippen molar-refractivity contribution < 1.29 is 9.90 Å². The molecule has 2 rings (SSSR count). The molecule has 1 N–H and O–H groups in total. The maximum Gasteiger partial charge on any atom is 0.231 e. The van der Waals surface area contributed by atoms with Gasteiger partial charge in [-0.1, -0.05) is 12.1 Å². The molecule has 1 heterocycles. The molecule has 1 aliphatic rings. The monoisotopic (exact) mass is 191 g/mol.